The van der Waals surface area contributed by atoms with Crippen LogP contribution in [0.15, 0.2) is 24.3 Å². The first-order valence-corrected chi connectivity index (χ1v) is 7.16. The number of aliphatic carboxylic acids is 1. The monoisotopic (exact) mass is 264 g/mol. The van der Waals surface area contributed by atoms with Crippen molar-refractivity contribution < 1.29 is 14.6 Å². The summed E-state index contributed by atoms with van der Waals surface area (Å²) >= 11 is 0. The van der Waals surface area contributed by atoms with Crippen LogP contribution in [0.25, 0.3) is 0 Å². The molecule has 0 bridgehead atoms. The molecule has 3 heteroatoms. The first kappa shape index (κ1) is 15.5. The van der Waals surface area contributed by atoms with Crippen molar-refractivity contribution in [3.05, 3.63) is 29.8 Å². The van der Waals surface area contributed by atoms with Crippen LogP contribution < -0.4 is 4.74 Å². The molecule has 0 heterocycles. The highest BCUT2D eigenvalue weighted by atomic mass is 16.5. The highest BCUT2D eigenvalue weighted by Gasteiger charge is 2.00. The van der Waals surface area contributed by atoms with Gasteiger partial charge in [0.25, 0.3) is 0 Å². The third-order valence-corrected chi connectivity index (χ3v) is 3.05. The number of benzene rings is 1. The zero-order chi connectivity index (χ0) is 13.9. The molecular weight excluding hydrogens is 240 g/mol. The molecule has 1 rings (SSSR count). The molecular formula is C16H24O3. The molecule has 1 N–H and O–H groups in total. The van der Waals surface area contributed by atoms with E-state index in [4.69, 9.17) is 9.84 Å². The van der Waals surface area contributed by atoms with Gasteiger partial charge in [-0.2, -0.15) is 0 Å². The fourth-order valence-corrected chi connectivity index (χ4v) is 1.95. The highest BCUT2D eigenvalue weighted by molar-refractivity contribution is 5.70. The average molecular weight is 264 g/mol. The minimum absolute atomic E-state index is 0.0672. The van der Waals surface area contributed by atoms with Gasteiger partial charge in [-0.3, -0.25) is 4.79 Å². The number of rotatable bonds is 10. The van der Waals surface area contributed by atoms with Gasteiger partial charge in [-0.05, 0) is 24.1 Å². The van der Waals surface area contributed by atoms with Gasteiger partial charge in [0, 0.05) is 0 Å². The van der Waals surface area contributed by atoms with Gasteiger partial charge in [0.1, 0.15) is 5.75 Å². The van der Waals surface area contributed by atoms with Crippen LogP contribution >= 0.6 is 0 Å². The van der Waals surface area contributed by atoms with E-state index in [-0.39, 0.29) is 6.42 Å². The molecule has 19 heavy (non-hydrogen) atoms. The molecule has 0 unspecified atom stereocenters. The van der Waals surface area contributed by atoms with E-state index in [0.29, 0.717) is 0 Å². The Hall–Kier alpha value is -1.51. The normalized spacial score (nSPS) is 10.4. The summed E-state index contributed by atoms with van der Waals surface area (Å²) in [6.45, 7) is 2.96. The van der Waals surface area contributed by atoms with E-state index in [2.05, 4.69) is 6.92 Å². The topological polar surface area (TPSA) is 46.5 Å². The summed E-state index contributed by atoms with van der Waals surface area (Å²) in [6, 6.07) is 7.31. The van der Waals surface area contributed by atoms with Crippen molar-refractivity contribution in [1.82, 2.24) is 0 Å². The summed E-state index contributed by atoms with van der Waals surface area (Å²) in [4.78, 5) is 10.5. The molecule has 106 valence electrons. The summed E-state index contributed by atoms with van der Waals surface area (Å²) in [5.41, 5.74) is 0.805. The molecule has 0 radical (unpaired) electrons. The average Bonchev–Trinajstić information content (AvgIpc) is 2.39. The Morgan fingerprint density at radius 1 is 1.05 bits per heavy atom. The molecule has 0 atom stereocenters. The standard InChI is InChI=1S/C16H24O3/c1-2-3-4-5-6-7-12-19-15-10-8-14(9-11-15)13-16(17)18/h8-11H,2-7,12-13H2,1H3,(H,17,18). The fourth-order valence-electron chi connectivity index (χ4n) is 1.95. The van der Waals surface area contributed by atoms with E-state index in [1.807, 2.05) is 24.3 Å². The summed E-state index contributed by atoms with van der Waals surface area (Å²) in [5.74, 6) is 0.0171. The Kier molecular flexibility index (Phi) is 7.71. The molecule has 0 saturated heterocycles. The highest BCUT2D eigenvalue weighted by Crippen LogP contribution is 2.13. The number of carbonyl (C=O) groups is 1. The number of hydrogen-bond acceptors (Lipinski definition) is 2. The van der Waals surface area contributed by atoms with Crippen LogP contribution in [0, 0.1) is 0 Å². The van der Waals surface area contributed by atoms with E-state index < -0.39 is 5.97 Å². The SMILES string of the molecule is CCCCCCCCOc1ccc(CC(=O)O)cc1. The Bertz CT molecular complexity index is 357. The second-order valence-electron chi connectivity index (χ2n) is 4.83. The lowest BCUT2D eigenvalue weighted by atomic mass is 10.1. The van der Waals surface area contributed by atoms with E-state index >= 15 is 0 Å². The maximum absolute atomic E-state index is 10.5. The van der Waals surface area contributed by atoms with E-state index in [9.17, 15) is 4.79 Å². The van der Waals surface area contributed by atoms with Crippen LogP contribution in [0.3, 0.4) is 0 Å². The largest absolute Gasteiger partial charge is 0.494 e. The van der Waals surface area contributed by atoms with E-state index in [1.54, 1.807) is 0 Å². The van der Waals surface area contributed by atoms with Crippen molar-refractivity contribution in [3.63, 3.8) is 0 Å². The second-order valence-corrected chi connectivity index (χ2v) is 4.83. The number of ether oxygens (including phenoxy) is 1. The smallest absolute Gasteiger partial charge is 0.307 e. The lowest BCUT2D eigenvalue weighted by Crippen LogP contribution is -2.00. The minimum atomic E-state index is -0.805. The van der Waals surface area contributed by atoms with Crippen molar-refractivity contribution in [2.75, 3.05) is 6.61 Å². The van der Waals surface area contributed by atoms with Crippen LogP contribution in [0.4, 0.5) is 0 Å². The van der Waals surface area contributed by atoms with Crippen LogP contribution in [0.2, 0.25) is 0 Å². The van der Waals surface area contributed by atoms with Crippen molar-refractivity contribution in [3.8, 4) is 5.75 Å². The lowest BCUT2D eigenvalue weighted by Gasteiger charge is -2.06. The van der Waals surface area contributed by atoms with E-state index in [1.165, 1.54) is 32.1 Å². The zero-order valence-electron chi connectivity index (χ0n) is 11.7. The van der Waals surface area contributed by atoms with Gasteiger partial charge in [-0.15, -0.1) is 0 Å². The molecule has 0 amide bonds. The van der Waals surface area contributed by atoms with Crippen molar-refractivity contribution >= 4 is 5.97 Å². The van der Waals surface area contributed by atoms with Crippen molar-refractivity contribution in [2.24, 2.45) is 0 Å². The Balaban J connectivity index is 2.14. The first-order chi connectivity index (χ1) is 9.22. The number of hydrogen-bond donors (Lipinski definition) is 1. The number of unbranched alkanes of at least 4 members (excludes halogenated alkanes) is 5. The summed E-state index contributed by atoms with van der Waals surface area (Å²) in [7, 11) is 0. The summed E-state index contributed by atoms with van der Waals surface area (Å²) in [6.07, 6.45) is 7.58. The van der Waals surface area contributed by atoms with Crippen LogP contribution in [-0.2, 0) is 11.2 Å². The molecule has 0 aliphatic rings. The fraction of sp³-hybridized carbons (Fsp3) is 0.562. The molecule has 1 aromatic rings. The molecule has 0 spiro atoms. The lowest BCUT2D eigenvalue weighted by molar-refractivity contribution is -0.136. The van der Waals surface area contributed by atoms with E-state index in [0.717, 1.165) is 24.3 Å². The Morgan fingerprint density at radius 2 is 1.68 bits per heavy atom. The van der Waals surface area contributed by atoms with Gasteiger partial charge in [-0.1, -0.05) is 51.2 Å². The molecule has 1 aromatic carbocycles. The van der Waals surface area contributed by atoms with Crippen molar-refractivity contribution in [2.45, 2.75) is 51.9 Å². The molecule has 0 fully saturated rings. The summed E-state index contributed by atoms with van der Waals surface area (Å²) in [5, 5.41) is 8.67. The minimum Gasteiger partial charge on any atom is -0.494 e. The summed E-state index contributed by atoms with van der Waals surface area (Å²) < 4.78 is 5.63. The van der Waals surface area contributed by atoms with Crippen LogP contribution in [0.5, 0.6) is 5.75 Å². The second kappa shape index (κ2) is 9.42. The molecule has 0 aliphatic carbocycles. The Morgan fingerprint density at radius 3 is 2.32 bits per heavy atom. The van der Waals surface area contributed by atoms with Crippen molar-refractivity contribution in [1.29, 1.82) is 0 Å². The van der Waals surface area contributed by atoms with Crippen LogP contribution in [0.1, 0.15) is 51.0 Å². The number of carboxylic acids is 1. The third-order valence-electron chi connectivity index (χ3n) is 3.05. The maximum atomic E-state index is 10.5. The van der Waals surface area contributed by atoms with Gasteiger partial charge in [0.05, 0.1) is 13.0 Å². The van der Waals surface area contributed by atoms with Gasteiger partial charge in [0.2, 0.25) is 0 Å². The molecule has 3 nitrogen and oxygen atoms in total. The molecule has 0 aromatic heterocycles. The number of carboxylic acid groups (broad SMARTS) is 1. The quantitative estimate of drug-likeness (QED) is 0.648. The molecule has 0 aliphatic heterocycles. The predicted octanol–water partition coefficient (Wildman–Crippen LogP) is 4.05. The van der Waals surface area contributed by atoms with Gasteiger partial charge in [-0.25, -0.2) is 0 Å². The zero-order valence-corrected chi connectivity index (χ0v) is 11.7. The van der Waals surface area contributed by atoms with Gasteiger partial charge < -0.3 is 9.84 Å². The third kappa shape index (κ3) is 7.50. The van der Waals surface area contributed by atoms with Crippen LogP contribution in [-0.4, -0.2) is 17.7 Å². The van der Waals surface area contributed by atoms with Gasteiger partial charge >= 0.3 is 5.97 Å². The molecule has 0 saturated carbocycles. The Labute approximate surface area is 115 Å². The maximum Gasteiger partial charge on any atom is 0.307 e. The predicted molar refractivity (Wildman–Crippen MR) is 76.7 cm³/mol. The first-order valence-electron chi connectivity index (χ1n) is 7.16. The van der Waals surface area contributed by atoms with Gasteiger partial charge in [0.15, 0.2) is 0 Å².